The second-order valence-corrected chi connectivity index (χ2v) is 10.4. The Balaban J connectivity index is 3.10. The van der Waals surface area contributed by atoms with Crippen molar-refractivity contribution in [1.29, 1.82) is 0 Å². The third kappa shape index (κ3) is 6.72. The van der Waals surface area contributed by atoms with E-state index in [1.807, 2.05) is 12.1 Å². The third-order valence-electron chi connectivity index (χ3n) is 3.77. The Morgan fingerprint density at radius 1 is 1.04 bits per heavy atom. The summed E-state index contributed by atoms with van der Waals surface area (Å²) < 4.78 is 32.8. The first kappa shape index (κ1) is 22.6. The highest BCUT2D eigenvalue weighted by molar-refractivity contribution is 7.89. The lowest BCUT2D eigenvalue weighted by atomic mass is 10.1. The molecule has 0 saturated carbocycles. The van der Waals surface area contributed by atoms with Crippen LogP contribution in [0.1, 0.15) is 66.9 Å². The minimum atomic E-state index is -3.81. The molecule has 0 saturated heterocycles. The molecule has 0 unspecified atom stereocenters. The van der Waals surface area contributed by atoms with E-state index in [1.165, 1.54) is 4.31 Å². The maximum atomic E-state index is 13.1. The van der Waals surface area contributed by atoms with Gasteiger partial charge in [-0.15, -0.1) is 0 Å². The summed E-state index contributed by atoms with van der Waals surface area (Å²) in [5, 5.41) is 0. The quantitative estimate of drug-likeness (QED) is 0.663. The molecule has 0 N–H and O–H groups in total. The van der Waals surface area contributed by atoms with Crippen LogP contribution in [0.2, 0.25) is 0 Å². The van der Waals surface area contributed by atoms with Gasteiger partial charge in [-0.25, -0.2) is 8.42 Å². The highest BCUT2D eigenvalue weighted by Crippen LogP contribution is 2.25. The van der Waals surface area contributed by atoms with Gasteiger partial charge in [0.05, 0.1) is 4.90 Å². The molecule has 0 amide bonds. The highest BCUT2D eigenvalue weighted by atomic mass is 32.2. The summed E-state index contributed by atoms with van der Waals surface area (Å²) in [4.78, 5) is 12.4. The molecule has 148 valence electrons. The molecule has 0 heterocycles. The van der Waals surface area contributed by atoms with Gasteiger partial charge in [-0.05, 0) is 72.1 Å². The number of aryl methyl sites for hydroxylation is 1. The molecule has 0 aliphatic rings. The van der Waals surface area contributed by atoms with Crippen LogP contribution in [0.3, 0.4) is 0 Å². The Morgan fingerprint density at radius 2 is 1.58 bits per heavy atom. The number of carbonyl (C=O) groups excluding carboxylic acids is 1. The fraction of sp³-hybridized carbons (Fsp3) is 0.650. The van der Waals surface area contributed by atoms with E-state index in [0.29, 0.717) is 0 Å². The summed E-state index contributed by atoms with van der Waals surface area (Å²) in [6, 6.07) is 6.93. The molecule has 0 aliphatic carbocycles. The van der Waals surface area contributed by atoms with Crippen LogP contribution >= 0.6 is 0 Å². The molecule has 0 spiro atoms. The first-order valence-corrected chi connectivity index (χ1v) is 10.5. The second-order valence-electron chi connectivity index (χ2n) is 8.52. The summed E-state index contributed by atoms with van der Waals surface area (Å²) in [5.74, 6) is -0.560. The van der Waals surface area contributed by atoms with Gasteiger partial charge in [0.25, 0.3) is 0 Å². The molecule has 1 rings (SSSR count). The summed E-state index contributed by atoms with van der Waals surface area (Å²) in [5.41, 5.74) is -0.303. The number of hydrogen-bond donors (Lipinski definition) is 0. The summed E-state index contributed by atoms with van der Waals surface area (Å²) >= 11 is 0. The number of nitrogens with zero attached hydrogens (tertiary/aromatic N) is 1. The van der Waals surface area contributed by atoms with Gasteiger partial charge in [-0.3, -0.25) is 4.79 Å². The molecule has 0 fully saturated rings. The molecule has 0 radical (unpaired) electrons. The van der Waals surface area contributed by atoms with Gasteiger partial charge in [-0.1, -0.05) is 25.5 Å². The zero-order valence-corrected chi connectivity index (χ0v) is 17.9. The third-order valence-corrected chi connectivity index (χ3v) is 5.90. The van der Waals surface area contributed by atoms with E-state index in [4.69, 9.17) is 4.74 Å². The Kier molecular flexibility index (Phi) is 7.42. The van der Waals surface area contributed by atoms with Crippen LogP contribution in [0, 0.1) is 0 Å². The van der Waals surface area contributed by atoms with Gasteiger partial charge < -0.3 is 4.74 Å². The maximum absolute atomic E-state index is 13.1. The van der Waals surface area contributed by atoms with Crippen LogP contribution in [0.25, 0.3) is 0 Å². The first-order chi connectivity index (χ1) is 11.8. The van der Waals surface area contributed by atoms with Gasteiger partial charge in [0.1, 0.15) is 12.1 Å². The molecular formula is C20H33NO4S. The van der Waals surface area contributed by atoms with Crippen molar-refractivity contribution in [1.82, 2.24) is 4.31 Å². The molecule has 1 aromatic carbocycles. The molecule has 26 heavy (non-hydrogen) atoms. The van der Waals surface area contributed by atoms with E-state index in [-0.39, 0.29) is 11.4 Å². The molecule has 0 bridgehead atoms. The smallest absolute Gasteiger partial charge is 0.321 e. The Morgan fingerprint density at radius 3 is 2.00 bits per heavy atom. The summed E-state index contributed by atoms with van der Waals surface area (Å²) in [6.45, 7) is 12.4. The molecular weight excluding hydrogens is 350 g/mol. The lowest BCUT2D eigenvalue weighted by molar-refractivity contribution is -0.155. The number of esters is 1. The number of hydrogen-bond acceptors (Lipinski definition) is 4. The molecule has 1 aromatic rings. The molecule has 0 aromatic heterocycles. The van der Waals surface area contributed by atoms with Gasteiger partial charge in [0.15, 0.2) is 0 Å². The van der Waals surface area contributed by atoms with E-state index < -0.39 is 27.1 Å². The van der Waals surface area contributed by atoms with Crippen LogP contribution in [-0.2, 0) is 26.0 Å². The molecule has 6 heteroatoms. The van der Waals surface area contributed by atoms with Gasteiger partial charge in [-0.2, -0.15) is 4.31 Å². The topological polar surface area (TPSA) is 63.7 Å². The largest absolute Gasteiger partial charge is 0.459 e. The maximum Gasteiger partial charge on any atom is 0.321 e. The number of benzene rings is 1. The van der Waals surface area contributed by atoms with Crippen molar-refractivity contribution in [2.24, 2.45) is 0 Å². The molecule has 0 atom stereocenters. The fourth-order valence-corrected chi connectivity index (χ4v) is 4.24. The van der Waals surface area contributed by atoms with Gasteiger partial charge in [0.2, 0.25) is 10.0 Å². The van der Waals surface area contributed by atoms with Crippen molar-refractivity contribution in [3.05, 3.63) is 29.8 Å². The zero-order chi connectivity index (χ0) is 20.2. The Labute approximate surface area is 158 Å². The number of rotatable bonds is 7. The van der Waals surface area contributed by atoms with Crippen LogP contribution in [-0.4, -0.2) is 36.4 Å². The van der Waals surface area contributed by atoms with Crippen LogP contribution < -0.4 is 0 Å². The summed E-state index contributed by atoms with van der Waals surface area (Å²) in [6.07, 6.45) is 3.09. The van der Waals surface area contributed by atoms with E-state index >= 15 is 0 Å². The van der Waals surface area contributed by atoms with Crippen LogP contribution in [0.5, 0.6) is 0 Å². The SMILES string of the molecule is CCCCc1ccc(S(=O)(=O)N(CC(=O)OC(C)(C)C)C(C)(C)C)cc1. The van der Waals surface area contributed by atoms with E-state index in [9.17, 15) is 13.2 Å². The molecule has 0 aliphatic heterocycles. The van der Waals surface area contributed by atoms with Crippen molar-refractivity contribution in [2.75, 3.05) is 6.54 Å². The zero-order valence-electron chi connectivity index (χ0n) is 17.1. The Hall–Kier alpha value is -1.40. The fourth-order valence-electron chi connectivity index (χ4n) is 2.51. The van der Waals surface area contributed by atoms with Crippen molar-refractivity contribution in [2.45, 2.75) is 83.8 Å². The Bertz CT molecular complexity index is 695. The minimum Gasteiger partial charge on any atom is -0.459 e. The minimum absolute atomic E-state index is 0.191. The van der Waals surface area contributed by atoms with Crippen LogP contribution in [0.4, 0.5) is 0 Å². The van der Waals surface area contributed by atoms with Crippen molar-refractivity contribution in [3.63, 3.8) is 0 Å². The molecule has 5 nitrogen and oxygen atoms in total. The average molecular weight is 384 g/mol. The number of sulfonamides is 1. The van der Waals surface area contributed by atoms with E-state index in [1.54, 1.807) is 53.7 Å². The van der Waals surface area contributed by atoms with Crippen molar-refractivity contribution in [3.8, 4) is 0 Å². The van der Waals surface area contributed by atoms with Crippen molar-refractivity contribution >= 4 is 16.0 Å². The predicted octanol–water partition coefficient (Wildman–Crippen LogP) is 4.16. The number of ether oxygens (including phenoxy) is 1. The average Bonchev–Trinajstić information content (AvgIpc) is 2.48. The number of unbranched alkanes of at least 4 members (excludes halogenated alkanes) is 1. The lowest BCUT2D eigenvalue weighted by Gasteiger charge is -2.34. The van der Waals surface area contributed by atoms with Crippen molar-refractivity contribution < 1.29 is 17.9 Å². The summed E-state index contributed by atoms with van der Waals surface area (Å²) in [7, 11) is -3.81. The van der Waals surface area contributed by atoms with Gasteiger partial charge >= 0.3 is 5.97 Å². The van der Waals surface area contributed by atoms with E-state index in [2.05, 4.69) is 6.92 Å². The standard InChI is InChI=1S/C20H33NO4S/c1-8-9-10-16-11-13-17(14-12-16)26(23,24)21(19(2,3)4)15-18(22)25-20(5,6)7/h11-14H,8-10,15H2,1-7H3. The monoisotopic (exact) mass is 383 g/mol. The van der Waals surface area contributed by atoms with Crippen LogP contribution in [0.15, 0.2) is 29.2 Å². The predicted molar refractivity (Wildman–Crippen MR) is 105 cm³/mol. The van der Waals surface area contributed by atoms with Gasteiger partial charge in [0, 0.05) is 5.54 Å². The second kappa shape index (κ2) is 8.53. The lowest BCUT2D eigenvalue weighted by Crippen LogP contribution is -2.49. The normalized spacial score (nSPS) is 13.1. The van der Waals surface area contributed by atoms with E-state index in [0.717, 1.165) is 24.8 Å². The highest BCUT2D eigenvalue weighted by Gasteiger charge is 2.36. The first-order valence-electron chi connectivity index (χ1n) is 9.11. The number of carbonyl (C=O) groups is 1.